The molecule has 0 N–H and O–H groups in total. The molecule has 82 valence electrons. The first-order valence-corrected chi connectivity index (χ1v) is 5.72. The number of halogens is 1. The summed E-state index contributed by atoms with van der Waals surface area (Å²) < 4.78 is 12.6. The Morgan fingerprint density at radius 3 is 2.47 bits per heavy atom. The Hall–Kier alpha value is -1.11. The van der Waals surface area contributed by atoms with E-state index < -0.39 is 0 Å². The van der Waals surface area contributed by atoms with Gasteiger partial charge in [-0.1, -0.05) is 44.1 Å². The second-order valence-corrected chi connectivity index (χ2v) is 3.80. The highest BCUT2D eigenvalue weighted by molar-refractivity contribution is 5.18. The van der Waals surface area contributed by atoms with Gasteiger partial charge in [0.15, 0.2) is 0 Å². The van der Waals surface area contributed by atoms with Crippen molar-refractivity contribution < 1.29 is 4.39 Å². The molecule has 0 aliphatic rings. The van der Waals surface area contributed by atoms with Gasteiger partial charge in [0.1, 0.15) is 5.82 Å². The zero-order valence-electron chi connectivity index (χ0n) is 9.38. The smallest absolute Gasteiger partial charge is 0.123 e. The summed E-state index contributed by atoms with van der Waals surface area (Å²) in [5.41, 5.74) is 1.17. The minimum Gasteiger partial charge on any atom is -0.207 e. The van der Waals surface area contributed by atoms with Crippen molar-refractivity contribution >= 4 is 0 Å². The van der Waals surface area contributed by atoms with Crippen molar-refractivity contribution in [3.8, 4) is 0 Å². The molecule has 0 fully saturated rings. The monoisotopic (exact) mass is 206 g/mol. The molecule has 0 unspecified atom stereocenters. The quantitative estimate of drug-likeness (QED) is 0.474. The normalized spacial score (nSPS) is 11.1. The highest BCUT2D eigenvalue weighted by Gasteiger charge is 1.90. The van der Waals surface area contributed by atoms with Crippen LogP contribution < -0.4 is 0 Å². The molecular formula is C14H19F. The molecule has 0 saturated heterocycles. The lowest BCUT2D eigenvalue weighted by molar-refractivity contribution is 0.627. The van der Waals surface area contributed by atoms with Crippen LogP contribution in [0.1, 0.15) is 38.2 Å². The zero-order valence-corrected chi connectivity index (χ0v) is 9.38. The van der Waals surface area contributed by atoms with Crippen molar-refractivity contribution in [2.75, 3.05) is 0 Å². The van der Waals surface area contributed by atoms with Crippen LogP contribution in [0.3, 0.4) is 0 Å². The lowest BCUT2D eigenvalue weighted by atomic mass is 10.1. The van der Waals surface area contributed by atoms with Gasteiger partial charge in [-0.15, -0.1) is 0 Å². The Kier molecular flexibility index (Phi) is 5.76. The molecule has 0 aliphatic heterocycles. The minimum atomic E-state index is -0.161. The second kappa shape index (κ2) is 7.22. The first-order chi connectivity index (χ1) is 7.33. The van der Waals surface area contributed by atoms with E-state index in [0.717, 1.165) is 12.8 Å². The second-order valence-electron chi connectivity index (χ2n) is 3.80. The maximum absolute atomic E-state index is 12.6. The van der Waals surface area contributed by atoms with Crippen molar-refractivity contribution in [3.05, 3.63) is 47.8 Å². The van der Waals surface area contributed by atoms with Crippen LogP contribution in [0, 0.1) is 5.82 Å². The summed E-state index contributed by atoms with van der Waals surface area (Å²) in [7, 11) is 0. The molecular weight excluding hydrogens is 187 g/mol. The van der Waals surface area contributed by atoms with Crippen molar-refractivity contribution in [2.24, 2.45) is 0 Å². The van der Waals surface area contributed by atoms with Gasteiger partial charge in [-0.05, 0) is 37.0 Å². The molecule has 0 saturated carbocycles. The molecule has 0 aliphatic carbocycles. The highest BCUT2D eigenvalue weighted by Crippen LogP contribution is 2.05. The average molecular weight is 206 g/mol. The number of allylic oxidation sites excluding steroid dienone is 2. The van der Waals surface area contributed by atoms with Crippen LogP contribution in [0.2, 0.25) is 0 Å². The lowest BCUT2D eigenvalue weighted by Crippen LogP contribution is -1.81. The van der Waals surface area contributed by atoms with E-state index in [0.29, 0.717) is 0 Å². The van der Waals surface area contributed by atoms with Gasteiger partial charge < -0.3 is 0 Å². The molecule has 1 rings (SSSR count). The average Bonchev–Trinajstić information content (AvgIpc) is 2.26. The van der Waals surface area contributed by atoms with E-state index in [-0.39, 0.29) is 5.82 Å². The van der Waals surface area contributed by atoms with Crippen LogP contribution in [-0.4, -0.2) is 0 Å². The van der Waals surface area contributed by atoms with E-state index in [1.807, 2.05) is 12.1 Å². The molecule has 0 spiro atoms. The Morgan fingerprint density at radius 2 is 1.80 bits per heavy atom. The van der Waals surface area contributed by atoms with E-state index >= 15 is 0 Å². The third-order valence-corrected chi connectivity index (χ3v) is 2.41. The summed E-state index contributed by atoms with van der Waals surface area (Å²) in [6.07, 6.45) is 10.3. The fraction of sp³-hybridized carbons (Fsp3) is 0.429. The van der Waals surface area contributed by atoms with E-state index in [2.05, 4.69) is 19.1 Å². The molecule has 1 heteroatoms. The van der Waals surface area contributed by atoms with Crippen molar-refractivity contribution in [2.45, 2.75) is 39.0 Å². The van der Waals surface area contributed by atoms with Crippen molar-refractivity contribution in [3.63, 3.8) is 0 Å². The van der Waals surface area contributed by atoms with Crippen LogP contribution in [-0.2, 0) is 6.42 Å². The predicted octanol–water partition coefficient (Wildman–Crippen LogP) is 4.50. The molecule has 0 bridgehead atoms. The molecule has 1 aromatic carbocycles. The standard InChI is InChI=1S/C14H19F/c1-2-3-4-5-6-7-8-13-9-11-14(15)12-10-13/h6-7,9-12H,2-5,8H2,1H3/b7-6+. The highest BCUT2D eigenvalue weighted by atomic mass is 19.1. The first kappa shape index (κ1) is 12.0. The Labute approximate surface area is 91.8 Å². The molecule has 0 nitrogen and oxygen atoms in total. The number of unbranched alkanes of at least 4 members (excludes halogenated alkanes) is 3. The molecule has 0 amide bonds. The number of benzene rings is 1. The van der Waals surface area contributed by atoms with E-state index in [1.165, 1.54) is 37.0 Å². The van der Waals surface area contributed by atoms with Crippen LogP contribution in [0.25, 0.3) is 0 Å². The third kappa shape index (κ3) is 5.36. The lowest BCUT2D eigenvalue weighted by Gasteiger charge is -1.96. The van der Waals surface area contributed by atoms with E-state index in [4.69, 9.17) is 0 Å². The van der Waals surface area contributed by atoms with Gasteiger partial charge in [-0.25, -0.2) is 4.39 Å². The van der Waals surface area contributed by atoms with Crippen LogP contribution in [0.15, 0.2) is 36.4 Å². The Balaban J connectivity index is 2.22. The summed E-state index contributed by atoms with van der Waals surface area (Å²) in [4.78, 5) is 0. The van der Waals surface area contributed by atoms with Crippen molar-refractivity contribution in [1.29, 1.82) is 0 Å². The van der Waals surface area contributed by atoms with E-state index in [1.54, 1.807) is 0 Å². The van der Waals surface area contributed by atoms with Crippen LogP contribution in [0.5, 0.6) is 0 Å². The number of hydrogen-bond donors (Lipinski definition) is 0. The van der Waals surface area contributed by atoms with Crippen LogP contribution in [0.4, 0.5) is 4.39 Å². The van der Waals surface area contributed by atoms with Gasteiger partial charge in [-0.2, -0.15) is 0 Å². The summed E-state index contributed by atoms with van der Waals surface area (Å²) in [6, 6.07) is 6.71. The molecule has 0 aromatic heterocycles. The Bertz CT molecular complexity index is 285. The Morgan fingerprint density at radius 1 is 1.07 bits per heavy atom. The van der Waals surface area contributed by atoms with Gasteiger partial charge in [-0.3, -0.25) is 0 Å². The maximum Gasteiger partial charge on any atom is 0.123 e. The summed E-state index contributed by atoms with van der Waals surface area (Å²) in [5, 5.41) is 0. The van der Waals surface area contributed by atoms with Gasteiger partial charge in [0.25, 0.3) is 0 Å². The van der Waals surface area contributed by atoms with Gasteiger partial charge in [0, 0.05) is 0 Å². The fourth-order valence-corrected chi connectivity index (χ4v) is 1.47. The summed E-state index contributed by atoms with van der Waals surface area (Å²) in [5.74, 6) is -0.161. The molecule has 15 heavy (non-hydrogen) atoms. The molecule has 0 heterocycles. The number of rotatable bonds is 6. The van der Waals surface area contributed by atoms with E-state index in [9.17, 15) is 4.39 Å². The topological polar surface area (TPSA) is 0 Å². The zero-order chi connectivity index (χ0) is 10.9. The molecule has 0 atom stereocenters. The summed E-state index contributed by atoms with van der Waals surface area (Å²) in [6.45, 7) is 2.21. The minimum absolute atomic E-state index is 0.161. The fourth-order valence-electron chi connectivity index (χ4n) is 1.47. The van der Waals surface area contributed by atoms with Gasteiger partial charge in [0.05, 0.1) is 0 Å². The predicted molar refractivity (Wildman–Crippen MR) is 63.4 cm³/mol. The van der Waals surface area contributed by atoms with Crippen molar-refractivity contribution in [1.82, 2.24) is 0 Å². The molecule has 0 radical (unpaired) electrons. The SMILES string of the molecule is CCCCC/C=C/Cc1ccc(F)cc1. The maximum atomic E-state index is 12.6. The summed E-state index contributed by atoms with van der Waals surface area (Å²) >= 11 is 0. The molecule has 1 aromatic rings. The largest absolute Gasteiger partial charge is 0.207 e. The first-order valence-electron chi connectivity index (χ1n) is 5.72. The van der Waals surface area contributed by atoms with Gasteiger partial charge >= 0.3 is 0 Å². The van der Waals surface area contributed by atoms with Gasteiger partial charge in [0.2, 0.25) is 0 Å². The number of hydrogen-bond acceptors (Lipinski definition) is 0. The van der Waals surface area contributed by atoms with Crippen LogP contribution >= 0.6 is 0 Å². The third-order valence-electron chi connectivity index (χ3n) is 2.41.